The first-order valence-corrected chi connectivity index (χ1v) is 6.51. The van der Waals surface area contributed by atoms with Crippen LogP contribution < -0.4 is 5.73 Å². The molecule has 0 spiro atoms. The number of hydrogen-bond acceptors (Lipinski definition) is 4. The van der Waals surface area contributed by atoms with E-state index >= 15 is 0 Å². The normalized spacial score (nSPS) is 26.9. The molecule has 0 amide bonds. The lowest BCUT2D eigenvalue weighted by Crippen LogP contribution is -2.35. The molecule has 0 aromatic carbocycles. The number of rotatable bonds is 5. The molecule has 0 aliphatic heterocycles. The van der Waals surface area contributed by atoms with Gasteiger partial charge in [0.1, 0.15) is 6.10 Å². The molecule has 100 valence electrons. The highest BCUT2D eigenvalue weighted by Gasteiger charge is 2.28. The fourth-order valence-corrected chi connectivity index (χ4v) is 2.32. The molecule has 3 atom stereocenters. The van der Waals surface area contributed by atoms with Crippen LogP contribution in [0.5, 0.6) is 0 Å². The molecule has 0 aromatic rings. The summed E-state index contributed by atoms with van der Waals surface area (Å²) in [4.78, 5) is 11.9. The predicted octanol–water partition coefficient (Wildman–Crippen LogP) is 1.72. The fraction of sp³-hybridized carbons (Fsp3) is 0.923. The molecule has 4 nitrogen and oxygen atoms in total. The van der Waals surface area contributed by atoms with E-state index in [-0.39, 0.29) is 30.0 Å². The Morgan fingerprint density at radius 1 is 1.35 bits per heavy atom. The molecular weight excluding hydrogens is 218 g/mol. The van der Waals surface area contributed by atoms with Crippen LogP contribution in [0.3, 0.4) is 0 Å². The van der Waals surface area contributed by atoms with Crippen molar-refractivity contribution < 1.29 is 14.3 Å². The maximum Gasteiger partial charge on any atom is 0.310 e. The van der Waals surface area contributed by atoms with Crippen LogP contribution in [0.1, 0.15) is 39.5 Å². The molecule has 1 rings (SSSR count). The van der Waals surface area contributed by atoms with Crippen molar-refractivity contribution in [2.24, 2.45) is 17.6 Å². The highest BCUT2D eigenvalue weighted by molar-refractivity contribution is 5.73. The summed E-state index contributed by atoms with van der Waals surface area (Å²) in [5.41, 5.74) is 5.61. The Bertz CT molecular complexity index is 243. The zero-order chi connectivity index (χ0) is 12.8. The summed E-state index contributed by atoms with van der Waals surface area (Å²) < 4.78 is 10.9. The van der Waals surface area contributed by atoms with Gasteiger partial charge in [-0.2, -0.15) is 0 Å². The summed E-state index contributed by atoms with van der Waals surface area (Å²) in [6.07, 6.45) is 4.13. The van der Waals surface area contributed by atoms with Crippen molar-refractivity contribution in [1.29, 1.82) is 0 Å². The van der Waals surface area contributed by atoms with Crippen LogP contribution in [-0.2, 0) is 14.3 Å². The number of ether oxygens (including phenoxy) is 2. The van der Waals surface area contributed by atoms with Crippen LogP contribution in [0.25, 0.3) is 0 Å². The van der Waals surface area contributed by atoms with Gasteiger partial charge in [-0.25, -0.2) is 0 Å². The second kappa shape index (κ2) is 6.97. The molecule has 17 heavy (non-hydrogen) atoms. The van der Waals surface area contributed by atoms with Gasteiger partial charge in [0, 0.05) is 20.1 Å². The molecular formula is C13H25NO3. The van der Waals surface area contributed by atoms with E-state index in [9.17, 15) is 4.79 Å². The lowest BCUT2D eigenvalue weighted by atomic mass is 9.93. The van der Waals surface area contributed by atoms with Gasteiger partial charge in [0.05, 0.1) is 12.0 Å². The number of methoxy groups -OCH3 is 1. The van der Waals surface area contributed by atoms with Gasteiger partial charge in [-0.1, -0.05) is 13.8 Å². The average molecular weight is 243 g/mol. The van der Waals surface area contributed by atoms with Crippen LogP contribution in [-0.4, -0.2) is 31.8 Å². The molecule has 1 saturated carbocycles. The summed E-state index contributed by atoms with van der Waals surface area (Å²) in [6.45, 7) is 4.35. The van der Waals surface area contributed by atoms with Crippen molar-refractivity contribution >= 4 is 5.97 Å². The third kappa shape index (κ3) is 4.28. The van der Waals surface area contributed by atoms with Gasteiger partial charge in [0.15, 0.2) is 0 Å². The predicted molar refractivity (Wildman–Crippen MR) is 66.5 cm³/mol. The molecule has 0 saturated heterocycles. The Morgan fingerprint density at radius 2 is 2.00 bits per heavy atom. The minimum absolute atomic E-state index is 0.00833. The molecule has 3 unspecified atom stereocenters. The van der Waals surface area contributed by atoms with Crippen LogP contribution in [0, 0.1) is 11.8 Å². The number of esters is 1. The van der Waals surface area contributed by atoms with Gasteiger partial charge in [0.2, 0.25) is 0 Å². The maximum absolute atomic E-state index is 11.9. The Labute approximate surface area is 104 Å². The topological polar surface area (TPSA) is 61.5 Å². The van der Waals surface area contributed by atoms with Crippen molar-refractivity contribution in [3.8, 4) is 0 Å². The van der Waals surface area contributed by atoms with Gasteiger partial charge in [-0.15, -0.1) is 0 Å². The number of nitrogens with two attached hydrogens (primary N) is 1. The molecule has 0 heterocycles. The summed E-state index contributed by atoms with van der Waals surface area (Å²) in [5.74, 6) is -0.100. The third-order valence-corrected chi connectivity index (χ3v) is 3.56. The van der Waals surface area contributed by atoms with Gasteiger partial charge >= 0.3 is 5.97 Å². The van der Waals surface area contributed by atoms with Crippen molar-refractivity contribution in [3.05, 3.63) is 0 Å². The van der Waals surface area contributed by atoms with E-state index in [0.717, 1.165) is 25.7 Å². The van der Waals surface area contributed by atoms with Crippen molar-refractivity contribution in [3.63, 3.8) is 0 Å². The molecule has 2 N–H and O–H groups in total. The van der Waals surface area contributed by atoms with Gasteiger partial charge in [-0.3, -0.25) is 4.79 Å². The highest BCUT2D eigenvalue weighted by atomic mass is 16.5. The van der Waals surface area contributed by atoms with E-state index in [1.807, 2.05) is 13.8 Å². The zero-order valence-corrected chi connectivity index (χ0v) is 11.1. The summed E-state index contributed by atoms with van der Waals surface area (Å²) in [7, 11) is 1.71. The van der Waals surface area contributed by atoms with E-state index in [0.29, 0.717) is 6.54 Å². The largest absolute Gasteiger partial charge is 0.462 e. The SMILES string of the molecule is COC1CCCC(OC(=O)C(CN)C(C)C)C1. The monoisotopic (exact) mass is 243 g/mol. The highest BCUT2D eigenvalue weighted by Crippen LogP contribution is 2.24. The third-order valence-electron chi connectivity index (χ3n) is 3.56. The number of hydrogen-bond donors (Lipinski definition) is 1. The number of carbonyl (C=O) groups excluding carboxylic acids is 1. The minimum atomic E-state index is -0.182. The van der Waals surface area contributed by atoms with Crippen LogP contribution in [0.4, 0.5) is 0 Å². The minimum Gasteiger partial charge on any atom is -0.462 e. The summed E-state index contributed by atoms with van der Waals surface area (Å²) >= 11 is 0. The van der Waals surface area contributed by atoms with Crippen LogP contribution in [0.2, 0.25) is 0 Å². The van der Waals surface area contributed by atoms with Gasteiger partial charge < -0.3 is 15.2 Å². The molecule has 0 radical (unpaired) electrons. The smallest absolute Gasteiger partial charge is 0.310 e. The number of carbonyl (C=O) groups is 1. The van der Waals surface area contributed by atoms with E-state index in [2.05, 4.69) is 0 Å². The molecule has 1 fully saturated rings. The van der Waals surface area contributed by atoms with E-state index in [1.165, 1.54) is 0 Å². The first kappa shape index (κ1) is 14.5. The van der Waals surface area contributed by atoms with Crippen LogP contribution in [0.15, 0.2) is 0 Å². The molecule has 0 bridgehead atoms. The van der Waals surface area contributed by atoms with Crippen LogP contribution >= 0.6 is 0 Å². The second-order valence-electron chi connectivity index (χ2n) is 5.17. The molecule has 1 aliphatic rings. The van der Waals surface area contributed by atoms with Crippen molar-refractivity contribution in [2.45, 2.75) is 51.7 Å². The Morgan fingerprint density at radius 3 is 2.53 bits per heavy atom. The average Bonchev–Trinajstić information content (AvgIpc) is 2.29. The van der Waals surface area contributed by atoms with Crippen molar-refractivity contribution in [1.82, 2.24) is 0 Å². The quantitative estimate of drug-likeness (QED) is 0.747. The Hall–Kier alpha value is -0.610. The first-order valence-electron chi connectivity index (χ1n) is 6.51. The molecule has 4 heteroatoms. The Kier molecular flexibility index (Phi) is 5.92. The van der Waals surface area contributed by atoms with Gasteiger partial charge in [-0.05, 0) is 25.2 Å². The summed E-state index contributed by atoms with van der Waals surface area (Å²) in [6, 6.07) is 0. The van der Waals surface area contributed by atoms with E-state index < -0.39 is 0 Å². The zero-order valence-electron chi connectivity index (χ0n) is 11.1. The van der Waals surface area contributed by atoms with E-state index in [1.54, 1.807) is 7.11 Å². The van der Waals surface area contributed by atoms with E-state index in [4.69, 9.17) is 15.2 Å². The Balaban J connectivity index is 2.44. The molecule has 0 aromatic heterocycles. The fourth-order valence-electron chi connectivity index (χ4n) is 2.32. The maximum atomic E-state index is 11.9. The van der Waals surface area contributed by atoms with Crippen molar-refractivity contribution in [2.75, 3.05) is 13.7 Å². The summed E-state index contributed by atoms with van der Waals surface area (Å²) in [5, 5.41) is 0. The standard InChI is InChI=1S/C13H25NO3/c1-9(2)12(8-14)13(15)17-11-6-4-5-10(7-11)16-3/h9-12H,4-8,14H2,1-3H3. The first-order chi connectivity index (χ1) is 8.08. The lowest BCUT2D eigenvalue weighted by Gasteiger charge is -2.29. The van der Waals surface area contributed by atoms with Gasteiger partial charge in [0.25, 0.3) is 0 Å². The lowest BCUT2D eigenvalue weighted by molar-refractivity contribution is -0.158. The second-order valence-corrected chi connectivity index (χ2v) is 5.17. The molecule has 1 aliphatic carbocycles.